The van der Waals surface area contributed by atoms with E-state index in [1.54, 1.807) is 42.7 Å². The molecule has 0 unspecified atom stereocenters. The molecule has 5 rings (SSSR count). The summed E-state index contributed by atoms with van der Waals surface area (Å²) < 4.78 is 49.2. The van der Waals surface area contributed by atoms with E-state index in [-0.39, 0.29) is 37.2 Å². The van der Waals surface area contributed by atoms with E-state index in [1.165, 1.54) is 4.90 Å². The van der Waals surface area contributed by atoms with Crippen molar-refractivity contribution in [3.05, 3.63) is 47.5 Å². The van der Waals surface area contributed by atoms with Crippen LogP contribution in [0.4, 0.5) is 0 Å². The van der Waals surface area contributed by atoms with Crippen molar-refractivity contribution in [1.82, 2.24) is 15.5 Å². The van der Waals surface area contributed by atoms with Crippen LogP contribution in [0.25, 0.3) is 0 Å². The third-order valence-electron chi connectivity index (χ3n) is 10.9. The van der Waals surface area contributed by atoms with Gasteiger partial charge in [-0.15, -0.1) is 11.6 Å². The molecule has 3 aliphatic heterocycles. The SMILES string of the molecule is CC(C)[C@@H](Cl)[C@@H](NC(=O)[C@H](O)Cc1ccccc1)C(=O)N1[C@H](C(=O)NCCC2=CC[N+](=C(N)N)C2)C[C@@H]2CC[C@@H](O[C@H]3OC[C@@H](OS(=O)(=O)O)[C@H](O)[C@H]3O)C[C@@H]21. The van der Waals surface area contributed by atoms with Gasteiger partial charge in [0, 0.05) is 19.0 Å². The number of ether oxygens (including phenoxy) is 2. The van der Waals surface area contributed by atoms with Gasteiger partial charge in [0.2, 0.25) is 17.7 Å². The van der Waals surface area contributed by atoms with Crippen molar-refractivity contribution in [2.24, 2.45) is 23.3 Å². The molecule has 0 aromatic heterocycles. The molecule has 20 heteroatoms. The van der Waals surface area contributed by atoms with Crippen molar-refractivity contribution >= 4 is 45.7 Å². The highest BCUT2D eigenvalue weighted by molar-refractivity contribution is 7.80. The van der Waals surface area contributed by atoms with Crippen LogP contribution in [0.15, 0.2) is 42.0 Å². The molecule has 1 aromatic rings. The van der Waals surface area contributed by atoms with Crippen LogP contribution in [0.3, 0.4) is 0 Å². The van der Waals surface area contributed by atoms with E-state index < -0.39 is 95.0 Å². The van der Waals surface area contributed by atoms with E-state index in [4.69, 9.17) is 37.1 Å². The zero-order chi connectivity index (χ0) is 40.9. The lowest BCUT2D eigenvalue weighted by Gasteiger charge is -2.42. The van der Waals surface area contributed by atoms with Gasteiger partial charge in [-0.25, -0.2) is 4.18 Å². The number of alkyl halides is 1. The molecule has 3 heterocycles. The fourth-order valence-corrected chi connectivity index (χ4v) is 8.52. The molecule has 10 N–H and O–H groups in total. The van der Waals surface area contributed by atoms with Gasteiger partial charge in [-0.2, -0.15) is 8.42 Å². The Labute approximate surface area is 331 Å². The van der Waals surface area contributed by atoms with Crippen molar-refractivity contribution in [2.75, 3.05) is 26.2 Å². The fraction of sp³-hybridized carbons (Fsp3) is 0.667. The van der Waals surface area contributed by atoms with Crippen molar-refractivity contribution < 1.29 is 60.9 Å². The maximum Gasteiger partial charge on any atom is 0.397 e. The van der Waals surface area contributed by atoms with Crippen LogP contribution in [0.2, 0.25) is 0 Å². The topological polar surface area (TPSA) is 276 Å². The molecule has 3 fully saturated rings. The molecule has 0 radical (unpaired) electrons. The Morgan fingerprint density at radius 2 is 1.82 bits per heavy atom. The van der Waals surface area contributed by atoms with Gasteiger partial charge in [-0.3, -0.25) is 35.0 Å². The van der Waals surface area contributed by atoms with Crippen LogP contribution >= 0.6 is 11.6 Å². The maximum absolute atomic E-state index is 14.8. The zero-order valence-electron chi connectivity index (χ0n) is 31.4. The average Bonchev–Trinajstić information content (AvgIpc) is 3.78. The summed E-state index contributed by atoms with van der Waals surface area (Å²) >= 11 is 6.87. The summed E-state index contributed by atoms with van der Waals surface area (Å²) in [5.41, 5.74) is 13.2. The second-order valence-corrected chi connectivity index (χ2v) is 16.8. The minimum atomic E-state index is -4.95. The third kappa shape index (κ3) is 11.0. The molecule has 4 aliphatic rings. The number of carbonyl (C=O) groups is 3. The number of guanidine groups is 1. The Balaban J connectivity index is 1.34. The Morgan fingerprint density at radius 1 is 1.11 bits per heavy atom. The summed E-state index contributed by atoms with van der Waals surface area (Å²) in [5, 5.41) is 36.8. The van der Waals surface area contributed by atoms with Crippen molar-refractivity contribution in [3.63, 3.8) is 0 Å². The number of aliphatic hydroxyl groups is 3. The highest BCUT2D eigenvalue weighted by Crippen LogP contribution is 2.42. The lowest BCUT2D eigenvalue weighted by atomic mass is 9.82. The molecule has 1 aliphatic carbocycles. The van der Waals surface area contributed by atoms with E-state index in [2.05, 4.69) is 14.8 Å². The highest BCUT2D eigenvalue weighted by Gasteiger charge is 2.52. The summed E-state index contributed by atoms with van der Waals surface area (Å²) in [6.45, 7) is 4.43. The Hall–Kier alpha value is -3.40. The number of carbonyl (C=O) groups excluding carboxylic acids is 3. The number of hydrogen-bond donors (Lipinski definition) is 8. The summed E-state index contributed by atoms with van der Waals surface area (Å²) in [6.07, 6.45) is -4.71. The largest absolute Gasteiger partial charge is 0.397 e. The number of nitrogens with one attached hydrogen (secondary N) is 2. The van der Waals surface area contributed by atoms with Crippen molar-refractivity contribution in [1.29, 1.82) is 0 Å². The van der Waals surface area contributed by atoms with Gasteiger partial charge < -0.3 is 40.3 Å². The van der Waals surface area contributed by atoms with Gasteiger partial charge in [0.15, 0.2) is 6.29 Å². The molecule has 0 spiro atoms. The first-order chi connectivity index (χ1) is 26.4. The Morgan fingerprint density at radius 3 is 2.46 bits per heavy atom. The van der Waals surface area contributed by atoms with E-state index in [1.807, 2.05) is 12.1 Å². The second-order valence-electron chi connectivity index (χ2n) is 15.2. The first-order valence-electron chi connectivity index (χ1n) is 18.8. The summed E-state index contributed by atoms with van der Waals surface area (Å²) in [4.78, 5) is 43.7. The maximum atomic E-state index is 14.8. The number of nitrogens with two attached hydrogens (primary N) is 2. The number of likely N-dealkylation sites (tertiary alicyclic amines) is 1. The number of aliphatic hydroxyl groups excluding tert-OH is 3. The highest BCUT2D eigenvalue weighted by atomic mass is 35.5. The van der Waals surface area contributed by atoms with Crippen LogP contribution in [0, 0.1) is 11.8 Å². The standard InChI is InChI=1S/C36H53ClN6O12S/c1-19(2)28(37)29(41-33(48)26(44)14-20-6-4-3-5-7-20)34(49)43-24-16-23(54-35-31(46)30(45)27(18-53-35)55-56(50,51)52)9-8-22(24)15-25(43)32(47)40-12-10-21-11-13-42(17-21)36(38)39/h3-7,11,19,22-31,35,44-46H,8-10,12-18H2,1-2H3,(H6,38,39,40,41,47,48,50,51,52)/p+1/t22-,23+,24-,25-,26+,27+,28+,29+,30-,31+,35+/m0/s1. The molecule has 56 heavy (non-hydrogen) atoms. The quantitative estimate of drug-likeness (QED) is 0.0329. The Kier molecular flexibility index (Phi) is 14.8. The summed E-state index contributed by atoms with van der Waals surface area (Å²) in [6, 6.07) is 6.05. The van der Waals surface area contributed by atoms with E-state index in [0.717, 1.165) is 5.57 Å². The lowest BCUT2D eigenvalue weighted by Crippen LogP contribution is -2.61. The van der Waals surface area contributed by atoms with Gasteiger partial charge in [-0.1, -0.05) is 44.2 Å². The van der Waals surface area contributed by atoms with Gasteiger partial charge in [0.05, 0.1) is 31.2 Å². The third-order valence-corrected chi connectivity index (χ3v) is 12.1. The van der Waals surface area contributed by atoms with Gasteiger partial charge in [-0.05, 0) is 61.2 Å². The number of fused-ring (bicyclic) bond motifs is 1. The van der Waals surface area contributed by atoms with Gasteiger partial charge >= 0.3 is 16.4 Å². The zero-order valence-corrected chi connectivity index (χ0v) is 32.9. The predicted octanol–water partition coefficient (Wildman–Crippen LogP) is -1.51. The number of hydrogen-bond acceptors (Lipinski definition) is 11. The van der Waals surface area contributed by atoms with E-state index >= 15 is 0 Å². The molecular formula is C36H54ClN6O12S+. The molecule has 2 saturated heterocycles. The smallest absolute Gasteiger partial charge is 0.387 e. The molecule has 1 saturated carbocycles. The second kappa shape index (κ2) is 18.9. The van der Waals surface area contributed by atoms with Crippen LogP contribution < -0.4 is 22.1 Å². The van der Waals surface area contributed by atoms with Crippen LogP contribution in [-0.4, -0.2) is 148 Å². The van der Waals surface area contributed by atoms with Crippen molar-refractivity contribution in [3.8, 4) is 0 Å². The minimum absolute atomic E-state index is 0.00273. The van der Waals surface area contributed by atoms with Crippen LogP contribution in [0.5, 0.6) is 0 Å². The lowest BCUT2D eigenvalue weighted by molar-refractivity contribution is -0.503. The normalized spacial score (nSPS) is 29.6. The number of halogens is 1. The summed E-state index contributed by atoms with van der Waals surface area (Å²) in [5.74, 6) is -2.07. The van der Waals surface area contributed by atoms with Crippen LogP contribution in [0.1, 0.15) is 51.5 Å². The first-order valence-corrected chi connectivity index (χ1v) is 20.6. The molecular weight excluding hydrogens is 776 g/mol. The number of rotatable bonds is 15. The minimum Gasteiger partial charge on any atom is -0.387 e. The van der Waals surface area contributed by atoms with Gasteiger partial charge in [0.25, 0.3) is 0 Å². The van der Waals surface area contributed by atoms with E-state index in [9.17, 15) is 38.1 Å². The van der Waals surface area contributed by atoms with E-state index in [0.29, 0.717) is 44.3 Å². The Bertz CT molecular complexity index is 1730. The molecule has 312 valence electrons. The molecule has 3 amide bonds. The molecule has 18 nitrogen and oxygen atoms in total. The average molecular weight is 830 g/mol. The van der Waals surface area contributed by atoms with Gasteiger partial charge in [0.1, 0.15) is 36.5 Å². The number of amides is 3. The fourth-order valence-electron chi connectivity index (χ4n) is 7.87. The van der Waals surface area contributed by atoms with Crippen molar-refractivity contribution in [2.45, 2.75) is 113 Å². The first kappa shape index (κ1) is 43.7. The van der Waals surface area contributed by atoms with Crippen LogP contribution in [-0.2, 0) is 44.9 Å². The number of benzene rings is 1. The molecule has 1 aromatic carbocycles. The monoisotopic (exact) mass is 829 g/mol. The predicted molar refractivity (Wildman–Crippen MR) is 201 cm³/mol. The molecule has 11 atom stereocenters. The molecule has 0 bridgehead atoms. The number of nitrogens with zero attached hydrogens (tertiary/aromatic N) is 2. The summed E-state index contributed by atoms with van der Waals surface area (Å²) in [7, 11) is -4.95.